The van der Waals surface area contributed by atoms with Gasteiger partial charge in [0.1, 0.15) is 0 Å². The molecule has 8 heteroatoms. The standard InChI is InChI=1S/C46H28N4.C38H24N4/c1-4-14-35-31(11-1)26-41(39-18-8-6-16-37(35)39)45-48-44(30-23-21-29(22-24-30)34-25-33-13-3-10-20-43(33)47-28-34)49-46(50-45)42-27-32-12-2-5-15-36(32)38-17-7-9-19-40(38)42;1-3-9-30-23-32(20-14-25(30)7-1)37-40-36(41-38(42-37)33-21-15-26-8-2-4-10-31(26)24-33)29-18-16-27(17-19-29)34-13-5-11-28-12-6-22-39-35(28)34/h1-28H;1-24H. The predicted molar refractivity (Wildman–Crippen MR) is 379 cm³/mol. The molecular weight excluding hydrogens is 1120 g/mol. The Labute approximate surface area is 529 Å². The van der Waals surface area contributed by atoms with Crippen molar-refractivity contribution in [2.24, 2.45) is 0 Å². The van der Waals surface area contributed by atoms with Gasteiger partial charge < -0.3 is 0 Å². The number of fused-ring (bicyclic) bond motifs is 10. The quantitative estimate of drug-likeness (QED) is 0.139. The lowest BCUT2D eigenvalue weighted by Gasteiger charge is -2.14. The van der Waals surface area contributed by atoms with Gasteiger partial charge in [-0.25, -0.2) is 29.9 Å². The summed E-state index contributed by atoms with van der Waals surface area (Å²) in [7, 11) is 0. The van der Waals surface area contributed by atoms with Crippen molar-refractivity contribution in [3.63, 3.8) is 0 Å². The molecule has 0 spiro atoms. The summed E-state index contributed by atoms with van der Waals surface area (Å²) in [4.78, 5) is 40.0. The van der Waals surface area contributed by atoms with E-state index in [1.165, 1.54) is 32.3 Å². The lowest BCUT2D eigenvalue weighted by atomic mass is 9.96. The molecule has 4 heterocycles. The second-order valence-electron chi connectivity index (χ2n) is 23.1. The molecule has 14 aromatic carbocycles. The number of nitrogens with zero attached hydrogens (tertiary/aromatic N) is 8. The molecule has 0 unspecified atom stereocenters. The first kappa shape index (κ1) is 53.7. The van der Waals surface area contributed by atoms with Crippen molar-refractivity contribution < 1.29 is 0 Å². The highest BCUT2D eigenvalue weighted by Gasteiger charge is 2.20. The van der Waals surface area contributed by atoms with Crippen LogP contribution in [-0.2, 0) is 0 Å². The highest BCUT2D eigenvalue weighted by Crippen LogP contribution is 2.39. The van der Waals surface area contributed by atoms with Gasteiger partial charge in [-0.15, -0.1) is 0 Å². The largest absolute Gasteiger partial charge is 0.256 e. The minimum absolute atomic E-state index is 0.627. The molecule has 18 aromatic rings. The van der Waals surface area contributed by atoms with Crippen LogP contribution in [0.25, 0.3) is 177 Å². The van der Waals surface area contributed by atoms with E-state index in [0.29, 0.717) is 34.9 Å². The Balaban J connectivity index is 0.000000143. The fourth-order valence-electron chi connectivity index (χ4n) is 12.8. The molecule has 0 atom stereocenters. The van der Waals surface area contributed by atoms with Gasteiger partial charge in [-0.2, -0.15) is 0 Å². The molecule has 428 valence electrons. The summed E-state index contributed by atoms with van der Waals surface area (Å²) in [5.74, 6) is 3.85. The van der Waals surface area contributed by atoms with Crippen molar-refractivity contribution in [1.29, 1.82) is 0 Å². The first-order valence-corrected chi connectivity index (χ1v) is 30.8. The van der Waals surface area contributed by atoms with E-state index in [1.54, 1.807) is 0 Å². The Morgan fingerprint density at radius 1 is 0.185 bits per heavy atom. The maximum Gasteiger partial charge on any atom is 0.164 e. The highest BCUT2D eigenvalue weighted by molar-refractivity contribution is 6.15. The van der Waals surface area contributed by atoms with Crippen molar-refractivity contribution >= 4 is 86.4 Å². The van der Waals surface area contributed by atoms with Crippen LogP contribution in [0.15, 0.2) is 316 Å². The number of aromatic nitrogens is 8. The van der Waals surface area contributed by atoms with Crippen LogP contribution in [0.2, 0.25) is 0 Å². The number of hydrogen-bond donors (Lipinski definition) is 0. The van der Waals surface area contributed by atoms with Crippen LogP contribution in [0, 0.1) is 0 Å². The Morgan fingerprint density at radius 3 is 1.12 bits per heavy atom. The first-order valence-electron chi connectivity index (χ1n) is 30.8. The van der Waals surface area contributed by atoms with E-state index in [0.717, 1.165) is 110 Å². The molecule has 0 aliphatic rings. The van der Waals surface area contributed by atoms with E-state index in [-0.39, 0.29) is 0 Å². The molecule has 0 aliphatic carbocycles. The van der Waals surface area contributed by atoms with E-state index < -0.39 is 0 Å². The second kappa shape index (κ2) is 22.9. The van der Waals surface area contributed by atoms with E-state index in [9.17, 15) is 0 Å². The summed E-state index contributed by atoms with van der Waals surface area (Å²) in [6, 6.07) is 105. The molecule has 0 bridgehead atoms. The molecule has 0 saturated carbocycles. The lowest BCUT2D eigenvalue weighted by molar-refractivity contribution is 1.08. The number of para-hydroxylation sites is 2. The van der Waals surface area contributed by atoms with Gasteiger partial charge in [-0.3, -0.25) is 9.97 Å². The minimum atomic E-state index is 0.627. The van der Waals surface area contributed by atoms with Crippen molar-refractivity contribution in [3.05, 3.63) is 316 Å². The van der Waals surface area contributed by atoms with Crippen molar-refractivity contribution in [3.8, 4) is 90.6 Å². The van der Waals surface area contributed by atoms with E-state index >= 15 is 0 Å². The monoisotopic (exact) mass is 1170 g/mol. The Morgan fingerprint density at radius 2 is 0.565 bits per heavy atom. The molecule has 0 radical (unpaired) electrons. The maximum atomic E-state index is 5.28. The van der Waals surface area contributed by atoms with Crippen LogP contribution in [-0.4, -0.2) is 39.9 Å². The predicted octanol–water partition coefficient (Wildman–Crippen LogP) is 21.1. The van der Waals surface area contributed by atoms with Crippen LogP contribution < -0.4 is 0 Å². The van der Waals surface area contributed by atoms with Crippen LogP contribution in [0.5, 0.6) is 0 Å². The average molecular weight is 1170 g/mol. The zero-order valence-electron chi connectivity index (χ0n) is 49.6. The molecule has 0 saturated heterocycles. The van der Waals surface area contributed by atoms with Crippen LogP contribution in [0.4, 0.5) is 0 Å². The summed E-state index contributed by atoms with van der Waals surface area (Å²) in [5.41, 5.74) is 12.1. The molecule has 0 N–H and O–H groups in total. The van der Waals surface area contributed by atoms with Gasteiger partial charge in [0.05, 0.1) is 11.0 Å². The Kier molecular flexibility index (Phi) is 13.4. The molecule has 0 aliphatic heterocycles. The summed E-state index contributed by atoms with van der Waals surface area (Å²) in [5, 5.41) is 16.2. The van der Waals surface area contributed by atoms with Gasteiger partial charge >= 0.3 is 0 Å². The third-order valence-corrected chi connectivity index (χ3v) is 17.5. The molecule has 4 aromatic heterocycles. The van der Waals surface area contributed by atoms with Crippen LogP contribution >= 0.6 is 0 Å². The van der Waals surface area contributed by atoms with Gasteiger partial charge in [0.25, 0.3) is 0 Å². The SMILES string of the molecule is c1ccc2cc(-c3nc(-c4ccc(-c5cccc6cccnc56)cc4)nc(-c4ccc5ccccc5c4)n3)ccc2c1.c1ccc2ncc(-c3ccc(-c4nc(-c5cc6ccccc6c6ccccc56)nc(-c5cc6ccccc6c6ccccc56)n4)cc3)cc2c1. The molecule has 0 fully saturated rings. The second-order valence-corrected chi connectivity index (χ2v) is 23.1. The van der Waals surface area contributed by atoms with Crippen molar-refractivity contribution in [2.75, 3.05) is 0 Å². The normalized spacial score (nSPS) is 11.5. The zero-order chi connectivity index (χ0) is 60.9. The molecular formula is C84H52N8. The van der Waals surface area contributed by atoms with Gasteiger partial charge in [-0.1, -0.05) is 261 Å². The fourth-order valence-corrected chi connectivity index (χ4v) is 12.8. The average Bonchev–Trinajstić information content (AvgIpc) is 0.889. The third kappa shape index (κ3) is 10.0. The number of rotatable bonds is 8. The smallest absolute Gasteiger partial charge is 0.164 e. The van der Waals surface area contributed by atoms with Gasteiger partial charge in [0.15, 0.2) is 34.9 Å². The van der Waals surface area contributed by atoms with Gasteiger partial charge in [0.2, 0.25) is 0 Å². The zero-order valence-corrected chi connectivity index (χ0v) is 49.6. The third-order valence-electron chi connectivity index (χ3n) is 17.5. The molecule has 92 heavy (non-hydrogen) atoms. The van der Waals surface area contributed by atoms with E-state index in [2.05, 4.69) is 289 Å². The maximum absolute atomic E-state index is 5.28. The van der Waals surface area contributed by atoms with Crippen molar-refractivity contribution in [2.45, 2.75) is 0 Å². The van der Waals surface area contributed by atoms with E-state index in [1.807, 2.05) is 36.7 Å². The number of benzene rings is 14. The highest BCUT2D eigenvalue weighted by atomic mass is 15.0. The number of pyridine rings is 2. The molecule has 8 nitrogen and oxygen atoms in total. The molecule has 18 rings (SSSR count). The topological polar surface area (TPSA) is 103 Å². The van der Waals surface area contributed by atoms with Gasteiger partial charge in [0, 0.05) is 67.7 Å². The Hall–Kier alpha value is -12.5. The van der Waals surface area contributed by atoms with E-state index in [4.69, 9.17) is 29.9 Å². The number of hydrogen-bond acceptors (Lipinski definition) is 8. The summed E-state index contributed by atoms with van der Waals surface area (Å²) >= 11 is 0. The van der Waals surface area contributed by atoms with Gasteiger partial charge in [-0.05, 0) is 118 Å². The lowest BCUT2D eigenvalue weighted by Crippen LogP contribution is -2.01. The molecule has 0 amide bonds. The Bertz CT molecular complexity index is 5670. The fraction of sp³-hybridized carbons (Fsp3) is 0. The summed E-state index contributed by atoms with van der Waals surface area (Å²) in [6.45, 7) is 0. The minimum Gasteiger partial charge on any atom is -0.256 e. The first-order chi connectivity index (χ1) is 45.5. The summed E-state index contributed by atoms with van der Waals surface area (Å²) in [6.07, 6.45) is 3.78. The summed E-state index contributed by atoms with van der Waals surface area (Å²) < 4.78 is 0. The van der Waals surface area contributed by atoms with Crippen LogP contribution in [0.3, 0.4) is 0 Å². The van der Waals surface area contributed by atoms with Crippen molar-refractivity contribution in [1.82, 2.24) is 39.9 Å². The van der Waals surface area contributed by atoms with Crippen LogP contribution in [0.1, 0.15) is 0 Å².